The standard InChI is InChI=1S/C18H30N2/c1-5-13-19-18(16-11-9-14(2)10-12-16)15(3)20(4)17-7-6-8-17/h9-12,15,17-19H,5-8,13H2,1-4H3. The van der Waals surface area contributed by atoms with Crippen LogP contribution in [0, 0.1) is 6.92 Å². The minimum Gasteiger partial charge on any atom is -0.309 e. The minimum absolute atomic E-state index is 0.432. The van der Waals surface area contributed by atoms with Gasteiger partial charge >= 0.3 is 0 Å². The molecule has 1 N–H and O–H groups in total. The van der Waals surface area contributed by atoms with Crippen LogP contribution in [0.1, 0.15) is 56.7 Å². The van der Waals surface area contributed by atoms with Crippen molar-refractivity contribution in [3.05, 3.63) is 35.4 Å². The Morgan fingerprint density at radius 1 is 1.25 bits per heavy atom. The van der Waals surface area contributed by atoms with Crippen molar-refractivity contribution in [1.82, 2.24) is 10.2 Å². The molecule has 0 aromatic heterocycles. The molecule has 112 valence electrons. The fraction of sp³-hybridized carbons (Fsp3) is 0.667. The van der Waals surface area contributed by atoms with Crippen molar-refractivity contribution in [3.8, 4) is 0 Å². The van der Waals surface area contributed by atoms with Gasteiger partial charge in [0.05, 0.1) is 0 Å². The van der Waals surface area contributed by atoms with E-state index in [1.165, 1.54) is 36.8 Å². The lowest BCUT2D eigenvalue weighted by Crippen LogP contribution is -2.48. The Hall–Kier alpha value is -0.860. The predicted molar refractivity (Wildman–Crippen MR) is 87.1 cm³/mol. The van der Waals surface area contributed by atoms with Gasteiger partial charge in [-0.05, 0) is 52.3 Å². The summed E-state index contributed by atoms with van der Waals surface area (Å²) in [5.74, 6) is 0. The average molecular weight is 274 g/mol. The first-order valence-corrected chi connectivity index (χ1v) is 8.15. The van der Waals surface area contributed by atoms with Crippen LogP contribution in [-0.2, 0) is 0 Å². The van der Waals surface area contributed by atoms with Gasteiger partial charge in [0.25, 0.3) is 0 Å². The molecular weight excluding hydrogens is 244 g/mol. The van der Waals surface area contributed by atoms with E-state index in [0.29, 0.717) is 12.1 Å². The first-order valence-electron chi connectivity index (χ1n) is 8.15. The Bertz CT molecular complexity index is 394. The van der Waals surface area contributed by atoms with E-state index >= 15 is 0 Å². The van der Waals surface area contributed by atoms with Crippen LogP contribution in [0.2, 0.25) is 0 Å². The highest BCUT2D eigenvalue weighted by molar-refractivity contribution is 5.25. The fourth-order valence-corrected chi connectivity index (χ4v) is 3.00. The summed E-state index contributed by atoms with van der Waals surface area (Å²) in [5, 5.41) is 3.75. The average Bonchev–Trinajstić information content (AvgIpc) is 2.38. The number of nitrogens with zero attached hydrogens (tertiary/aromatic N) is 1. The third-order valence-corrected chi connectivity index (χ3v) is 4.83. The van der Waals surface area contributed by atoms with E-state index in [4.69, 9.17) is 0 Å². The summed E-state index contributed by atoms with van der Waals surface area (Å²) in [5.41, 5.74) is 2.76. The molecular formula is C18H30N2. The predicted octanol–water partition coefficient (Wildman–Crippen LogP) is 3.91. The van der Waals surface area contributed by atoms with E-state index in [9.17, 15) is 0 Å². The third kappa shape index (κ3) is 3.62. The van der Waals surface area contributed by atoms with Gasteiger partial charge in [0.1, 0.15) is 0 Å². The molecule has 0 heterocycles. The van der Waals surface area contributed by atoms with E-state index in [0.717, 1.165) is 12.6 Å². The Morgan fingerprint density at radius 3 is 2.40 bits per heavy atom. The molecule has 1 fully saturated rings. The van der Waals surface area contributed by atoms with Crippen LogP contribution in [0.25, 0.3) is 0 Å². The van der Waals surface area contributed by atoms with Crippen molar-refractivity contribution in [2.75, 3.05) is 13.6 Å². The lowest BCUT2D eigenvalue weighted by Gasteiger charge is -2.42. The second-order valence-corrected chi connectivity index (χ2v) is 6.33. The maximum atomic E-state index is 3.75. The number of nitrogens with one attached hydrogen (secondary N) is 1. The van der Waals surface area contributed by atoms with Crippen LogP contribution >= 0.6 is 0 Å². The zero-order chi connectivity index (χ0) is 14.5. The van der Waals surface area contributed by atoms with E-state index in [2.05, 4.69) is 62.3 Å². The highest BCUT2D eigenvalue weighted by Crippen LogP contribution is 2.29. The Kier molecular flexibility index (Phi) is 5.62. The minimum atomic E-state index is 0.432. The van der Waals surface area contributed by atoms with Crippen LogP contribution in [0.15, 0.2) is 24.3 Å². The van der Waals surface area contributed by atoms with Gasteiger partial charge in [-0.2, -0.15) is 0 Å². The molecule has 1 aromatic carbocycles. The summed E-state index contributed by atoms with van der Waals surface area (Å²) in [6.07, 6.45) is 5.33. The summed E-state index contributed by atoms with van der Waals surface area (Å²) in [6, 6.07) is 10.8. The second-order valence-electron chi connectivity index (χ2n) is 6.33. The Morgan fingerprint density at radius 2 is 1.90 bits per heavy atom. The van der Waals surface area contributed by atoms with Gasteiger partial charge in [0.2, 0.25) is 0 Å². The molecule has 0 bridgehead atoms. The van der Waals surface area contributed by atoms with Gasteiger partial charge in [-0.25, -0.2) is 0 Å². The van der Waals surface area contributed by atoms with Gasteiger partial charge in [0, 0.05) is 18.1 Å². The summed E-state index contributed by atoms with van der Waals surface area (Å²) >= 11 is 0. The smallest absolute Gasteiger partial charge is 0.0475 e. The van der Waals surface area contributed by atoms with E-state index in [-0.39, 0.29) is 0 Å². The monoisotopic (exact) mass is 274 g/mol. The van der Waals surface area contributed by atoms with E-state index in [1.807, 2.05) is 0 Å². The zero-order valence-corrected chi connectivity index (χ0v) is 13.5. The lowest BCUT2D eigenvalue weighted by atomic mass is 9.89. The molecule has 0 saturated heterocycles. The molecule has 0 radical (unpaired) electrons. The summed E-state index contributed by atoms with van der Waals surface area (Å²) in [4.78, 5) is 2.58. The van der Waals surface area contributed by atoms with Crippen LogP contribution in [0.3, 0.4) is 0 Å². The van der Waals surface area contributed by atoms with E-state index < -0.39 is 0 Å². The van der Waals surface area contributed by atoms with Gasteiger partial charge < -0.3 is 5.32 Å². The summed E-state index contributed by atoms with van der Waals surface area (Å²) in [6.45, 7) is 7.84. The number of hydrogen-bond donors (Lipinski definition) is 1. The van der Waals surface area contributed by atoms with Crippen molar-refractivity contribution in [3.63, 3.8) is 0 Å². The second kappa shape index (κ2) is 7.24. The Balaban J connectivity index is 2.10. The quantitative estimate of drug-likeness (QED) is 0.811. The van der Waals surface area contributed by atoms with Crippen molar-refractivity contribution < 1.29 is 0 Å². The Labute approximate surface area is 124 Å². The number of likely N-dealkylation sites (N-methyl/N-ethyl adjacent to an activating group) is 1. The molecule has 20 heavy (non-hydrogen) atoms. The molecule has 2 unspecified atom stereocenters. The van der Waals surface area contributed by atoms with Gasteiger partial charge in [0.15, 0.2) is 0 Å². The molecule has 1 aliphatic rings. The molecule has 1 saturated carbocycles. The van der Waals surface area contributed by atoms with Crippen LogP contribution in [0.5, 0.6) is 0 Å². The molecule has 2 nitrogen and oxygen atoms in total. The molecule has 0 spiro atoms. The molecule has 2 atom stereocenters. The normalized spacial score (nSPS) is 18.9. The van der Waals surface area contributed by atoms with Crippen molar-refractivity contribution in [2.45, 2.75) is 64.6 Å². The van der Waals surface area contributed by atoms with Crippen LogP contribution in [0.4, 0.5) is 0 Å². The molecule has 1 aromatic rings. The molecule has 2 heteroatoms. The van der Waals surface area contributed by atoms with Gasteiger partial charge in [-0.3, -0.25) is 4.90 Å². The fourth-order valence-electron chi connectivity index (χ4n) is 3.00. The van der Waals surface area contributed by atoms with Crippen LogP contribution < -0.4 is 5.32 Å². The summed E-state index contributed by atoms with van der Waals surface area (Å²) < 4.78 is 0. The van der Waals surface area contributed by atoms with Crippen molar-refractivity contribution in [2.24, 2.45) is 0 Å². The highest BCUT2D eigenvalue weighted by atomic mass is 15.2. The molecule has 1 aliphatic carbocycles. The SMILES string of the molecule is CCCNC(c1ccc(C)cc1)C(C)N(C)C1CCC1. The molecule has 2 rings (SSSR count). The van der Waals surface area contributed by atoms with E-state index in [1.54, 1.807) is 0 Å². The van der Waals surface area contributed by atoms with Gasteiger partial charge in [-0.15, -0.1) is 0 Å². The number of benzene rings is 1. The number of hydrogen-bond acceptors (Lipinski definition) is 2. The molecule has 0 aliphatic heterocycles. The maximum absolute atomic E-state index is 3.75. The zero-order valence-electron chi connectivity index (χ0n) is 13.5. The van der Waals surface area contributed by atoms with Crippen molar-refractivity contribution >= 4 is 0 Å². The van der Waals surface area contributed by atoms with Gasteiger partial charge in [-0.1, -0.05) is 43.2 Å². The highest BCUT2D eigenvalue weighted by Gasteiger charge is 2.30. The van der Waals surface area contributed by atoms with Crippen molar-refractivity contribution in [1.29, 1.82) is 0 Å². The molecule has 0 amide bonds. The first-order chi connectivity index (χ1) is 9.63. The third-order valence-electron chi connectivity index (χ3n) is 4.83. The summed E-state index contributed by atoms with van der Waals surface area (Å²) in [7, 11) is 2.29. The topological polar surface area (TPSA) is 15.3 Å². The largest absolute Gasteiger partial charge is 0.309 e. The maximum Gasteiger partial charge on any atom is 0.0475 e. The lowest BCUT2D eigenvalue weighted by molar-refractivity contribution is 0.0959. The van der Waals surface area contributed by atoms with Crippen LogP contribution in [-0.4, -0.2) is 30.6 Å². The number of aryl methyl sites for hydroxylation is 1. The first kappa shape index (κ1) is 15.5. The number of rotatable bonds is 7.